The molecule has 586 valence electrons. The van der Waals surface area contributed by atoms with Crippen LogP contribution in [0, 0.1) is 54.8 Å². The standard InChI is InChI=1S/C15H24O.C15H26O.C15H18.C12H14O4.C10H10O4.C10H10O2.C10H8.C8H6O3/c1-10-5-6-13-15(4,16-13)8-7-12-11(10)9-14(12,2)3;1-10-5-7-12(15(3,4)16)9-14-11(2)6-8-13(10)14;1-10(2)13-7-5-11(3)14-8-6-12(4)15(14)9-13;1-8(2)12(13)14-6-9-3-4-10-11(5-9)16-7-15-10;1-7(11)12-5-8-2-3-9-10(4-8)14-6-13-9;1-2-3-8-4-5-9-10(6-8)12-7-11-9;1-2-5-9-7-4-8-10(9)6-3-1;9-4-6-1-2-7-8(3-6)11-5-10-7/h11-13H,1,5-9H2,2-4H3;10-12,16H,5-9H2,1-4H3;5-10H,1-4H3;3-5,8H,6-7H2,1-2H3;2-4H,5-6H2,1H3;2-6H,7H2,1H3;1-8H;1-4H,5H2/b;;;;;3-2+;;/t11-,12-,13-,15-;10-,11-,12+;;;;;;/m10....../s1. The van der Waals surface area contributed by atoms with Gasteiger partial charge in [0.05, 0.1) is 23.2 Å². The van der Waals surface area contributed by atoms with E-state index in [0.29, 0.717) is 58.7 Å². The maximum atomic E-state index is 11.3. The van der Waals surface area contributed by atoms with Crippen molar-refractivity contribution >= 4 is 24.3 Å². The summed E-state index contributed by atoms with van der Waals surface area (Å²) in [6.45, 7) is 37.7. The van der Waals surface area contributed by atoms with Gasteiger partial charge in [-0.05, 0) is 257 Å². The van der Waals surface area contributed by atoms with Crippen molar-refractivity contribution in [2.24, 2.45) is 40.9 Å². The number of epoxide rings is 1. The molecule has 4 aromatic carbocycles. The number of aryl methyl sites for hydroxylation is 2. The minimum Gasteiger partial charge on any atom is -0.461 e. The molecule has 15 nitrogen and oxygen atoms in total. The summed E-state index contributed by atoms with van der Waals surface area (Å²) in [6, 6.07) is 49.9. The maximum absolute atomic E-state index is 11.3. The van der Waals surface area contributed by atoms with Crippen molar-refractivity contribution in [3.8, 4) is 68.2 Å². The van der Waals surface area contributed by atoms with Crippen LogP contribution in [0.4, 0.5) is 0 Å². The highest BCUT2D eigenvalue weighted by atomic mass is 16.7. The third-order valence-corrected chi connectivity index (χ3v) is 22.6. The summed E-state index contributed by atoms with van der Waals surface area (Å²) in [4.78, 5) is 32.2. The van der Waals surface area contributed by atoms with Gasteiger partial charge < -0.3 is 57.2 Å². The number of carbonyl (C=O) groups excluding carboxylic acids is 3. The molecule has 17 rings (SSSR count). The average Bonchev–Trinajstić information content (AvgIpc) is 1.32. The number of esters is 2. The predicted octanol–water partition coefficient (Wildman–Crippen LogP) is 22.4. The predicted molar refractivity (Wildman–Crippen MR) is 435 cm³/mol. The van der Waals surface area contributed by atoms with Crippen LogP contribution in [0.25, 0.3) is 28.3 Å². The van der Waals surface area contributed by atoms with E-state index in [1.807, 2.05) is 101 Å². The number of carbonyl (C=O) groups is 3. The fraction of sp³-hybridized carbons (Fsp3) is 0.442. The van der Waals surface area contributed by atoms with E-state index in [4.69, 9.17) is 52.1 Å². The van der Waals surface area contributed by atoms with Gasteiger partial charge in [-0.2, -0.15) is 0 Å². The van der Waals surface area contributed by atoms with E-state index in [9.17, 15) is 19.5 Å². The van der Waals surface area contributed by atoms with Crippen LogP contribution in [0.3, 0.4) is 0 Å². The average molecular weight is 1500 g/mol. The van der Waals surface area contributed by atoms with E-state index >= 15 is 0 Å². The topological polar surface area (TPSA) is 176 Å². The molecule has 3 fully saturated rings. The van der Waals surface area contributed by atoms with Gasteiger partial charge in [0.15, 0.2) is 46.0 Å². The molecule has 110 heavy (non-hydrogen) atoms. The van der Waals surface area contributed by atoms with Crippen LogP contribution in [-0.4, -0.2) is 67.8 Å². The largest absolute Gasteiger partial charge is 0.461 e. The molecule has 8 aliphatic carbocycles. The Bertz CT molecular complexity index is 4390. The number of hydrogen-bond donors (Lipinski definition) is 1. The molecule has 0 aromatic heterocycles. The lowest BCUT2D eigenvalue weighted by Crippen LogP contribution is -2.44. The number of allylic oxidation sites excluding steroid dienone is 4. The van der Waals surface area contributed by atoms with E-state index in [-0.39, 0.29) is 57.1 Å². The molecule has 0 amide bonds. The minimum atomic E-state index is -0.509. The van der Waals surface area contributed by atoms with Crippen molar-refractivity contribution < 1.29 is 71.6 Å². The van der Waals surface area contributed by atoms with Crippen LogP contribution in [0.15, 0.2) is 181 Å². The molecule has 7 atom stereocenters. The second kappa shape index (κ2) is 37.9. The van der Waals surface area contributed by atoms with E-state index in [0.717, 1.165) is 76.1 Å². The van der Waals surface area contributed by atoms with E-state index in [2.05, 4.69) is 142 Å². The third-order valence-electron chi connectivity index (χ3n) is 22.6. The zero-order valence-corrected chi connectivity index (χ0v) is 67.5. The van der Waals surface area contributed by atoms with E-state index in [1.165, 1.54) is 109 Å². The molecule has 0 spiro atoms. The number of benzene rings is 4. The summed E-state index contributed by atoms with van der Waals surface area (Å²) >= 11 is 0. The molecular formula is C95H116O15. The molecule has 1 N–H and O–H groups in total. The van der Waals surface area contributed by atoms with Gasteiger partial charge in [0.2, 0.25) is 27.2 Å². The van der Waals surface area contributed by atoms with Crippen molar-refractivity contribution in [3.05, 3.63) is 220 Å². The maximum Gasteiger partial charge on any atom is 0.308 e. The van der Waals surface area contributed by atoms with Crippen molar-refractivity contribution in [2.75, 3.05) is 27.2 Å². The number of aldehydes is 1. The summed E-state index contributed by atoms with van der Waals surface area (Å²) in [5.74, 6) is 9.57. The molecule has 0 unspecified atom stereocenters. The Labute approximate surface area is 653 Å². The molecule has 0 bridgehead atoms. The summed E-state index contributed by atoms with van der Waals surface area (Å²) in [5.41, 5.74) is 18.3. The fourth-order valence-electron chi connectivity index (χ4n) is 15.5. The van der Waals surface area contributed by atoms with Gasteiger partial charge in [0.25, 0.3) is 0 Å². The van der Waals surface area contributed by atoms with E-state index in [1.54, 1.807) is 35.4 Å². The van der Waals surface area contributed by atoms with Crippen molar-refractivity contribution in [1.29, 1.82) is 0 Å². The van der Waals surface area contributed by atoms with Crippen LogP contribution >= 0.6 is 0 Å². The molecular weight excluding hydrogens is 1380 g/mol. The first-order valence-corrected chi connectivity index (χ1v) is 39.3. The van der Waals surface area contributed by atoms with Crippen LogP contribution in [0.5, 0.6) is 46.0 Å². The molecule has 4 aromatic rings. The molecule has 2 saturated carbocycles. The van der Waals surface area contributed by atoms with E-state index < -0.39 is 5.60 Å². The summed E-state index contributed by atoms with van der Waals surface area (Å²) in [5, 5.41) is 10.2. The molecule has 15 heteroatoms. The van der Waals surface area contributed by atoms with Gasteiger partial charge in [0.1, 0.15) is 19.5 Å². The Balaban J connectivity index is 0.000000134. The SMILES string of the molecule is C/C=C/c1ccc2c(c1)OCO2.C=C1CC[C@H]2O[C@]2(C)CC[C@@H]2[C@@H]1CC2(C)C.CC(=O)OCc1ccc2c(c1)OCO2.CC(C)C(=O)OCc1ccc2c(c1)OCO2.C[C@H]1CC[C@@H](C(C)(C)O)CC2=C1CC[C@@H]2C.Cc1ccc(C(C)C)cc2c(C)ccc1-2.O=Cc1ccc2c(c1)OCO2.c1ccc2cccc-2cc1. The van der Waals surface area contributed by atoms with Crippen molar-refractivity contribution in [2.45, 2.75) is 205 Å². The summed E-state index contributed by atoms with van der Waals surface area (Å²) < 4.78 is 57.1. The van der Waals surface area contributed by atoms with Gasteiger partial charge in [-0.15, -0.1) is 0 Å². The highest BCUT2D eigenvalue weighted by molar-refractivity contribution is 5.77. The van der Waals surface area contributed by atoms with Crippen molar-refractivity contribution in [1.82, 2.24) is 0 Å². The molecule has 0 radical (unpaired) electrons. The number of ether oxygens (including phenoxy) is 11. The van der Waals surface area contributed by atoms with Crippen molar-refractivity contribution in [3.63, 3.8) is 0 Å². The van der Waals surface area contributed by atoms with Crippen LogP contribution in [0.2, 0.25) is 0 Å². The Morgan fingerprint density at radius 2 is 1.10 bits per heavy atom. The highest BCUT2D eigenvalue weighted by Gasteiger charge is 2.56. The minimum absolute atomic E-state index is 0.103. The van der Waals surface area contributed by atoms with Crippen LogP contribution in [0.1, 0.15) is 204 Å². The third kappa shape index (κ3) is 22.4. The first kappa shape index (κ1) is 82.9. The monoisotopic (exact) mass is 1500 g/mol. The molecule has 5 aliphatic heterocycles. The fourth-order valence-corrected chi connectivity index (χ4v) is 15.5. The van der Waals surface area contributed by atoms with Gasteiger partial charge in [-0.1, -0.05) is 188 Å². The smallest absolute Gasteiger partial charge is 0.308 e. The second-order valence-electron chi connectivity index (χ2n) is 32.4. The second-order valence-corrected chi connectivity index (χ2v) is 32.4. The van der Waals surface area contributed by atoms with Gasteiger partial charge in [0, 0.05) is 12.5 Å². The quantitative estimate of drug-likeness (QED) is 0.0624. The lowest BCUT2D eigenvalue weighted by Gasteiger charge is -2.53. The zero-order valence-electron chi connectivity index (χ0n) is 67.5. The first-order chi connectivity index (χ1) is 52.6. The Kier molecular flexibility index (Phi) is 28.6. The summed E-state index contributed by atoms with van der Waals surface area (Å²) in [7, 11) is 0. The van der Waals surface area contributed by atoms with Gasteiger partial charge >= 0.3 is 11.9 Å². The highest BCUT2D eigenvalue weighted by Crippen LogP contribution is 2.59. The summed E-state index contributed by atoms with van der Waals surface area (Å²) in [6.07, 6.45) is 17.9. The number of rotatable bonds is 9. The zero-order chi connectivity index (χ0) is 78.9. The van der Waals surface area contributed by atoms with Crippen LogP contribution < -0.4 is 37.9 Å². The molecule has 13 aliphatic rings. The number of aliphatic hydroxyl groups is 1. The number of hydrogen-bond acceptors (Lipinski definition) is 15. The Morgan fingerprint density at radius 3 is 1.65 bits per heavy atom. The number of fused-ring (bicyclic) bond motifs is 8. The Morgan fingerprint density at radius 1 is 0.582 bits per heavy atom. The lowest BCUT2D eigenvalue weighted by atomic mass is 9.52. The van der Waals surface area contributed by atoms with Crippen LogP contribution in [-0.2, 0) is 37.0 Å². The van der Waals surface area contributed by atoms with Gasteiger partial charge in [-0.3, -0.25) is 14.4 Å². The molecule has 1 saturated heterocycles. The van der Waals surface area contributed by atoms with Gasteiger partial charge in [-0.25, -0.2) is 0 Å². The Hall–Kier alpha value is -9.57. The first-order valence-electron chi connectivity index (χ1n) is 39.3. The normalized spacial score (nSPS) is 21.3. The lowest BCUT2D eigenvalue weighted by molar-refractivity contribution is -0.148. The molecule has 5 heterocycles.